The van der Waals surface area contributed by atoms with E-state index in [4.69, 9.17) is 11.6 Å². The number of hydrogen-bond donors (Lipinski definition) is 0. The SMILES string of the molecule is Cc1nc(S(C)(=O)=O)nc(Cl)c1I. The Bertz CT molecular complexity index is 423. The zero-order chi connectivity index (χ0) is 10.2. The Morgan fingerprint density at radius 3 is 2.31 bits per heavy atom. The molecule has 0 saturated carbocycles. The van der Waals surface area contributed by atoms with Crippen LogP contribution in [0.15, 0.2) is 5.16 Å². The van der Waals surface area contributed by atoms with Crippen molar-refractivity contribution in [3.8, 4) is 0 Å². The number of sulfone groups is 1. The monoisotopic (exact) mass is 332 g/mol. The van der Waals surface area contributed by atoms with Crippen molar-refractivity contribution in [2.45, 2.75) is 12.1 Å². The van der Waals surface area contributed by atoms with E-state index >= 15 is 0 Å². The van der Waals surface area contributed by atoms with Crippen LogP contribution in [0.4, 0.5) is 0 Å². The number of aryl methyl sites for hydroxylation is 1. The summed E-state index contributed by atoms with van der Waals surface area (Å²) >= 11 is 7.66. The lowest BCUT2D eigenvalue weighted by Gasteiger charge is -2.02. The third-order valence-corrected chi connectivity index (χ3v) is 4.02. The second kappa shape index (κ2) is 3.66. The number of rotatable bonds is 1. The molecule has 1 aromatic rings. The molecule has 7 heteroatoms. The highest BCUT2D eigenvalue weighted by Gasteiger charge is 2.15. The standard InChI is InChI=1S/C6H6ClIN2O2S/c1-3-4(8)5(7)10-6(9-3)13(2,11)12/h1-2H3. The molecule has 0 N–H and O–H groups in total. The molecule has 1 rings (SSSR count). The van der Waals surface area contributed by atoms with Gasteiger partial charge in [0.2, 0.25) is 15.0 Å². The Kier molecular flexibility index (Phi) is 3.13. The molecular formula is C6H6ClIN2O2S. The fraction of sp³-hybridized carbons (Fsp3) is 0.333. The van der Waals surface area contributed by atoms with Gasteiger partial charge in [-0.05, 0) is 29.5 Å². The Morgan fingerprint density at radius 1 is 1.38 bits per heavy atom. The third kappa shape index (κ3) is 2.50. The predicted molar refractivity (Wildman–Crippen MR) is 57.6 cm³/mol. The van der Waals surface area contributed by atoms with E-state index in [9.17, 15) is 8.42 Å². The van der Waals surface area contributed by atoms with Gasteiger partial charge in [0.25, 0.3) is 0 Å². The summed E-state index contributed by atoms with van der Waals surface area (Å²) in [7, 11) is -3.37. The van der Waals surface area contributed by atoms with Crippen LogP contribution in [0.2, 0.25) is 5.15 Å². The molecule has 0 bridgehead atoms. The van der Waals surface area contributed by atoms with Crippen molar-refractivity contribution in [1.29, 1.82) is 0 Å². The maximum atomic E-state index is 11.1. The average molecular weight is 333 g/mol. The van der Waals surface area contributed by atoms with Crippen LogP contribution < -0.4 is 0 Å². The smallest absolute Gasteiger partial charge is 0.222 e. The second-order valence-electron chi connectivity index (χ2n) is 2.47. The summed E-state index contributed by atoms with van der Waals surface area (Å²) in [6.45, 7) is 1.68. The molecule has 1 heterocycles. The zero-order valence-corrected chi connectivity index (χ0v) is 10.6. The molecule has 72 valence electrons. The first-order valence-electron chi connectivity index (χ1n) is 3.22. The highest BCUT2D eigenvalue weighted by Crippen LogP contribution is 2.19. The Morgan fingerprint density at radius 2 is 1.92 bits per heavy atom. The maximum Gasteiger partial charge on any atom is 0.248 e. The van der Waals surface area contributed by atoms with E-state index in [0.717, 1.165) is 6.26 Å². The number of halogens is 2. The van der Waals surface area contributed by atoms with E-state index in [-0.39, 0.29) is 10.3 Å². The van der Waals surface area contributed by atoms with Gasteiger partial charge in [-0.15, -0.1) is 0 Å². The highest BCUT2D eigenvalue weighted by molar-refractivity contribution is 14.1. The molecule has 0 radical (unpaired) electrons. The predicted octanol–water partition coefficient (Wildman–Crippen LogP) is 1.45. The first kappa shape index (κ1) is 11.1. The summed E-state index contributed by atoms with van der Waals surface area (Å²) in [6, 6.07) is 0. The molecule has 0 aliphatic carbocycles. The molecule has 0 aromatic carbocycles. The van der Waals surface area contributed by atoms with Gasteiger partial charge in [0.05, 0.1) is 9.26 Å². The summed E-state index contributed by atoms with van der Waals surface area (Å²) in [5, 5.41) is -0.0519. The van der Waals surface area contributed by atoms with Crippen LogP contribution in [-0.4, -0.2) is 24.6 Å². The van der Waals surface area contributed by atoms with Crippen molar-refractivity contribution in [2.75, 3.05) is 6.26 Å². The van der Waals surface area contributed by atoms with Crippen molar-refractivity contribution in [2.24, 2.45) is 0 Å². The van der Waals surface area contributed by atoms with Crippen LogP contribution in [0.3, 0.4) is 0 Å². The van der Waals surface area contributed by atoms with Crippen LogP contribution in [0.25, 0.3) is 0 Å². The molecule has 4 nitrogen and oxygen atoms in total. The van der Waals surface area contributed by atoms with Crippen molar-refractivity contribution in [3.05, 3.63) is 14.4 Å². The Balaban J connectivity index is 3.47. The van der Waals surface area contributed by atoms with Crippen LogP contribution in [0, 0.1) is 10.5 Å². The molecule has 1 aromatic heterocycles. The molecule has 0 unspecified atom stereocenters. The molecule has 0 spiro atoms. The molecule has 0 amide bonds. The van der Waals surface area contributed by atoms with Crippen molar-refractivity contribution >= 4 is 44.0 Å². The van der Waals surface area contributed by atoms with Gasteiger partial charge in [-0.25, -0.2) is 18.4 Å². The van der Waals surface area contributed by atoms with Crippen LogP contribution in [0.5, 0.6) is 0 Å². The quantitative estimate of drug-likeness (QED) is 0.444. The first-order valence-corrected chi connectivity index (χ1v) is 6.57. The van der Waals surface area contributed by atoms with Crippen LogP contribution >= 0.6 is 34.2 Å². The maximum absolute atomic E-state index is 11.1. The van der Waals surface area contributed by atoms with Crippen molar-refractivity contribution in [3.63, 3.8) is 0 Å². The van der Waals surface area contributed by atoms with Crippen LogP contribution in [0.1, 0.15) is 5.69 Å². The summed E-state index contributed by atoms with van der Waals surface area (Å²) in [5.41, 5.74) is 0.570. The fourth-order valence-electron chi connectivity index (χ4n) is 0.666. The van der Waals surface area contributed by atoms with Gasteiger partial charge in [-0.1, -0.05) is 11.6 Å². The molecule has 0 atom stereocenters. The second-order valence-corrected chi connectivity index (χ2v) is 5.81. The summed E-state index contributed by atoms with van der Waals surface area (Å²) in [4.78, 5) is 7.48. The molecule has 0 aliphatic rings. The first-order chi connectivity index (χ1) is 5.82. The van der Waals surface area contributed by atoms with E-state index in [1.165, 1.54) is 0 Å². The van der Waals surface area contributed by atoms with Gasteiger partial charge in [-0.2, -0.15) is 0 Å². The molecule has 0 aliphatic heterocycles. The van der Waals surface area contributed by atoms with E-state index in [0.29, 0.717) is 9.26 Å². The summed E-state index contributed by atoms with van der Waals surface area (Å²) in [5.74, 6) is 0. The lowest BCUT2D eigenvalue weighted by atomic mass is 10.5. The van der Waals surface area contributed by atoms with Gasteiger partial charge in [0, 0.05) is 6.26 Å². The lowest BCUT2D eigenvalue weighted by Crippen LogP contribution is -2.06. The average Bonchev–Trinajstić information content (AvgIpc) is 1.97. The summed E-state index contributed by atoms with van der Waals surface area (Å²) in [6.07, 6.45) is 1.05. The zero-order valence-electron chi connectivity index (χ0n) is 6.88. The van der Waals surface area contributed by atoms with E-state index in [1.54, 1.807) is 6.92 Å². The number of hydrogen-bond acceptors (Lipinski definition) is 4. The van der Waals surface area contributed by atoms with Gasteiger partial charge in [-0.3, -0.25) is 0 Å². The highest BCUT2D eigenvalue weighted by atomic mass is 127. The minimum atomic E-state index is -3.37. The summed E-state index contributed by atoms with van der Waals surface area (Å²) < 4.78 is 22.8. The number of aromatic nitrogens is 2. The van der Waals surface area contributed by atoms with E-state index in [1.807, 2.05) is 22.6 Å². The molecule has 0 fully saturated rings. The lowest BCUT2D eigenvalue weighted by molar-refractivity contribution is 0.592. The largest absolute Gasteiger partial charge is 0.248 e. The Hall–Kier alpha value is 0.0500. The molecular weight excluding hydrogens is 327 g/mol. The van der Waals surface area contributed by atoms with Gasteiger partial charge in [0.1, 0.15) is 5.15 Å². The number of nitrogens with zero attached hydrogens (tertiary/aromatic N) is 2. The van der Waals surface area contributed by atoms with Gasteiger partial charge >= 0.3 is 0 Å². The third-order valence-electron chi connectivity index (χ3n) is 1.29. The van der Waals surface area contributed by atoms with E-state index in [2.05, 4.69) is 9.97 Å². The molecule has 0 saturated heterocycles. The van der Waals surface area contributed by atoms with E-state index < -0.39 is 9.84 Å². The van der Waals surface area contributed by atoms with Gasteiger partial charge < -0.3 is 0 Å². The fourth-order valence-corrected chi connectivity index (χ4v) is 1.73. The Labute approximate surface area is 94.8 Å². The van der Waals surface area contributed by atoms with Crippen molar-refractivity contribution < 1.29 is 8.42 Å². The van der Waals surface area contributed by atoms with Crippen molar-refractivity contribution in [1.82, 2.24) is 9.97 Å². The normalized spacial score (nSPS) is 11.7. The minimum absolute atomic E-state index is 0.175. The molecule has 13 heavy (non-hydrogen) atoms. The van der Waals surface area contributed by atoms with Gasteiger partial charge in [0.15, 0.2) is 0 Å². The topological polar surface area (TPSA) is 59.9 Å². The van der Waals surface area contributed by atoms with Crippen LogP contribution in [-0.2, 0) is 9.84 Å². The minimum Gasteiger partial charge on any atom is -0.222 e.